The van der Waals surface area contributed by atoms with E-state index in [2.05, 4.69) is 32.2 Å². The lowest BCUT2D eigenvalue weighted by molar-refractivity contribution is 0.0773. The summed E-state index contributed by atoms with van der Waals surface area (Å²) in [6, 6.07) is 7.74. The molecule has 0 atom stereocenters. The molecule has 2 heterocycles. The molecule has 0 radical (unpaired) electrons. The molecule has 0 spiro atoms. The van der Waals surface area contributed by atoms with Crippen LogP contribution >= 0.6 is 15.9 Å². The Morgan fingerprint density at radius 3 is 2.59 bits per heavy atom. The van der Waals surface area contributed by atoms with E-state index in [1.54, 1.807) is 39.8 Å². The van der Waals surface area contributed by atoms with Crippen molar-refractivity contribution in [2.75, 3.05) is 7.05 Å². The molecule has 8 heteroatoms. The minimum Gasteiger partial charge on any atom is -0.471 e. The van der Waals surface area contributed by atoms with Gasteiger partial charge in [-0.2, -0.15) is 10.2 Å². The number of hydrogen-bond acceptors (Lipinski definition) is 4. The van der Waals surface area contributed by atoms with E-state index in [1.807, 2.05) is 33.0 Å². The highest BCUT2D eigenvalue weighted by Gasteiger charge is 2.18. The first kappa shape index (κ1) is 19.2. The number of aryl methyl sites for hydroxylation is 3. The fourth-order valence-corrected chi connectivity index (χ4v) is 3.28. The highest BCUT2D eigenvalue weighted by molar-refractivity contribution is 9.10. The Balaban J connectivity index is 1.63. The predicted octanol–water partition coefficient (Wildman–Crippen LogP) is 3.30. The normalized spacial score (nSPS) is 10.9. The molecule has 0 aliphatic carbocycles. The molecule has 0 saturated carbocycles. The van der Waals surface area contributed by atoms with Crippen molar-refractivity contribution in [1.82, 2.24) is 24.5 Å². The second kappa shape index (κ2) is 7.96. The molecule has 27 heavy (non-hydrogen) atoms. The van der Waals surface area contributed by atoms with Gasteiger partial charge in [-0.3, -0.25) is 9.48 Å². The van der Waals surface area contributed by atoms with Gasteiger partial charge in [0.15, 0.2) is 12.4 Å². The number of carbonyl (C=O) groups is 1. The van der Waals surface area contributed by atoms with Crippen LogP contribution in [0.5, 0.6) is 5.75 Å². The highest BCUT2D eigenvalue weighted by Crippen LogP contribution is 2.18. The van der Waals surface area contributed by atoms with Gasteiger partial charge in [0.25, 0.3) is 5.91 Å². The molecule has 1 aromatic carbocycles. The first-order valence-corrected chi connectivity index (χ1v) is 9.29. The van der Waals surface area contributed by atoms with Gasteiger partial charge in [-0.1, -0.05) is 6.07 Å². The van der Waals surface area contributed by atoms with E-state index in [1.165, 1.54) is 0 Å². The summed E-state index contributed by atoms with van der Waals surface area (Å²) in [6.07, 6.45) is 3.45. The fraction of sp³-hybridized carbons (Fsp3) is 0.316. The zero-order chi connectivity index (χ0) is 19.6. The van der Waals surface area contributed by atoms with Crippen LogP contribution in [0.15, 0.2) is 41.1 Å². The summed E-state index contributed by atoms with van der Waals surface area (Å²) in [5.41, 5.74) is 3.58. The Morgan fingerprint density at radius 1 is 1.26 bits per heavy atom. The predicted molar refractivity (Wildman–Crippen MR) is 105 cm³/mol. The van der Waals surface area contributed by atoms with E-state index in [4.69, 9.17) is 4.74 Å². The fourth-order valence-electron chi connectivity index (χ4n) is 2.81. The van der Waals surface area contributed by atoms with Crippen molar-refractivity contribution in [2.24, 2.45) is 7.05 Å². The van der Waals surface area contributed by atoms with Crippen LogP contribution in [0.25, 0.3) is 0 Å². The first-order valence-electron chi connectivity index (χ1n) is 8.50. The molecule has 0 fully saturated rings. The van der Waals surface area contributed by atoms with Crippen molar-refractivity contribution in [3.8, 4) is 5.75 Å². The van der Waals surface area contributed by atoms with Crippen molar-refractivity contribution in [3.63, 3.8) is 0 Å². The van der Waals surface area contributed by atoms with E-state index in [0.29, 0.717) is 12.2 Å². The Labute approximate surface area is 166 Å². The first-order chi connectivity index (χ1) is 12.8. The van der Waals surface area contributed by atoms with Crippen molar-refractivity contribution < 1.29 is 9.53 Å². The maximum Gasteiger partial charge on any atom is 0.274 e. The molecule has 1 amide bonds. The summed E-state index contributed by atoms with van der Waals surface area (Å²) >= 11 is 3.45. The third-order valence-electron chi connectivity index (χ3n) is 4.16. The summed E-state index contributed by atoms with van der Waals surface area (Å²) in [6.45, 7) is 4.73. The van der Waals surface area contributed by atoms with Crippen LogP contribution in [0, 0.1) is 13.8 Å². The molecule has 0 aliphatic rings. The van der Waals surface area contributed by atoms with Crippen molar-refractivity contribution in [3.05, 3.63) is 63.6 Å². The molecular formula is C19H22BrN5O2. The summed E-state index contributed by atoms with van der Waals surface area (Å²) in [5, 5.41) is 8.50. The van der Waals surface area contributed by atoms with Gasteiger partial charge < -0.3 is 9.64 Å². The Morgan fingerprint density at radius 2 is 1.96 bits per heavy atom. The Kier molecular flexibility index (Phi) is 5.65. The van der Waals surface area contributed by atoms with Crippen LogP contribution in [0.3, 0.4) is 0 Å². The second-order valence-electron chi connectivity index (χ2n) is 6.56. The van der Waals surface area contributed by atoms with Gasteiger partial charge in [0.05, 0.1) is 22.9 Å². The number of carbonyl (C=O) groups excluding carboxylic acids is 1. The molecule has 7 nitrogen and oxygen atoms in total. The molecule has 3 aromatic rings. The lowest BCUT2D eigenvalue weighted by Gasteiger charge is -2.16. The number of nitrogens with zero attached hydrogens (tertiary/aromatic N) is 5. The van der Waals surface area contributed by atoms with Gasteiger partial charge in [-0.25, -0.2) is 4.68 Å². The highest BCUT2D eigenvalue weighted by atomic mass is 79.9. The zero-order valence-corrected chi connectivity index (χ0v) is 17.4. The van der Waals surface area contributed by atoms with Gasteiger partial charge in [0.1, 0.15) is 5.75 Å². The third-order valence-corrected chi connectivity index (χ3v) is 4.83. The molecule has 0 unspecified atom stereocenters. The number of halogens is 1. The van der Waals surface area contributed by atoms with Gasteiger partial charge >= 0.3 is 0 Å². The van der Waals surface area contributed by atoms with Gasteiger partial charge in [-0.15, -0.1) is 0 Å². The molecule has 142 valence electrons. The summed E-state index contributed by atoms with van der Waals surface area (Å²) < 4.78 is 10.0. The largest absolute Gasteiger partial charge is 0.471 e. The molecule has 0 aliphatic heterocycles. The minimum absolute atomic E-state index is 0.159. The molecule has 0 N–H and O–H groups in total. The zero-order valence-electron chi connectivity index (χ0n) is 15.8. The molecule has 0 saturated heterocycles. The van der Waals surface area contributed by atoms with Crippen molar-refractivity contribution in [2.45, 2.75) is 27.1 Å². The van der Waals surface area contributed by atoms with Crippen LogP contribution in [-0.2, 0) is 20.3 Å². The average Bonchev–Trinajstić information content (AvgIpc) is 3.20. The number of ether oxygens (including phenoxy) is 1. The van der Waals surface area contributed by atoms with Crippen molar-refractivity contribution in [1.29, 1.82) is 0 Å². The summed E-state index contributed by atoms with van der Waals surface area (Å²) in [7, 11) is 3.59. The van der Waals surface area contributed by atoms with E-state index in [-0.39, 0.29) is 12.6 Å². The third kappa shape index (κ3) is 4.57. The van der Waals surface area contributed by atoms with Crippen LogP contribution < -0.4 is 4.74 Å². The number of benzene rings is 1. The number of rotatable bonds is 6. The van der Waals surface area contributed by atoms with Crippen LogP contribution in [0.2, 0.25) is 0 Å². The van der Waals surface area contributed by atoms with Crippen molar-refractivity contribution >= 4 is 21.8 Å². The maximum atomic E-state index is 12.6. The molecule has 2 aromatic heterocycles. The van der Waals surface area contributed by atoms with Gasteiger partial charge in [0, 0.05) is 20.3 Å². The summed E-state index contributed by atoms with van der Waals surface area (Å²) in [4.78, 5) is 14.2. The van der Waals surface area contributed by atoms with E-state index < -0.39 is 0 Å². The maximum absolute atomic E-state index is 12.6. The average molecular weight is 432 g/mol. The van der Waals surface area contributed by atoms with Crippen LogP contribution in [-0.4, -0.2) is 37.4 Å². The quantitative estimate of drug-likeness (QED) is 0.600. The van der Waals surface area contributed by atoms with E-state index in [9.17, 15) is 4.79 Å². The molecular weight excluding hydrogens is 410 g/mol. The monoisotopic (exact) mass is 431 g/mol. The summed E-state index contributed by atoms with van der Waals surface area (Å²) in [5.74, 6) is 0.627. The second-order valence-corrected chi connectivity index (χ2v) is 7.42. The van der Waals surface area contributed by atoms with Crippen LogP contribution in [0.4, 0.5) is 0 Å². The number of hydrogen-bond donors (Lipinski definition) is 0. The number of amides is 1. The van der Waals surface area contributed by atoms with E-state index >= 15 is 0 Å². The van der Waals surface area contributed by atoms with E-state index in [0.717, 1.165) is 27.0 Å². The molecule has 0 bridgehead atoms. The van der Waals surface area contributed by atoms with Crippen LogP contribution in [0.1, 0.15) is 27.3 Å². The Bertz CT molecular complexity index is 923. The number of aromatic nitrogens is 4. The van der Waals surface area contributed by atoms with Gasteiger partial charge in [-0.05, 0) is 59.1 Å². The SMILES string of the molecule is Cc1cc(C)cc(OCn2ccc(C(=O)N(C)Cc3c(Br)cnn3C)n2)c1. The topological polar surface area (TPSA) is 65.2 Å². The smallest absolute Gasteiger partial charge is 0.274 e. The lowest BCUT2D eigenvalue weighted by atomic mass is 10.1. The lowest BCUT2D eigenvalue weighted by Crippen LogP contribution is -2.28. The molecule has 3 rings (SSSR count). The standard InChI is InChI=1S/C19H22BrN5O2/c1-13-7-14(2)9-15(8-13)27-12-25-6-5-17(22-25)19(26)23(3)11-18-16(20)10-21-24(18)4/h5-10H,11-12H2,1-4H3. The minimum atomic E-state index is -0.159. The van der Waals surface area contributed by atoms with Gasteiger partial charge in [0.2, 0.25) is 0 Å². The Hall–Kier alpha value is -2.61.